The highest BCUT2D eigenvalue weighted by molar-refractivity contribution is 6.11. The first kappa shape index (κ1) is 15.4. The van der Waals surface area contributed by atoms with E-state index in [1.165, 1.54) is 42.9 Å². The van der Waals surface area contributed by atoms with Crippen LogP contribution < -0.4 is 0 Å². The van der Waals surface area contributed by atoms with Gasteiger partial charge in [0.15, 0.2) is 5.52 Å². The lowest BCUT2D eigenvalue weighted by atomic mass is 10.0. The standard InChI is InChI=1S/C16H8N6O4/c23-21(24)10-3-1-2-9(6-10)14-11-7-13(22(25)26)16-12(8-19-20-16)15(11)18-5-4-17-14/h1-8H. The zero-order chi connectivity index (χ0) is 18.3. The van der Waals surface area contributed by atoms with Gasteiger partial charge in [-0.3, -0.25) is 30.2 Å². The molecule has 26 heavy (non-hydrogen) atoms. The second-order valence-electron chi connectivity index (χ2n) is 5.37. The summed E-state index contributed by atoms with van der Waals surface area (Å²) < 4.78 is 0. The van der Waals surface area contributed by atoms with E-state index in [4.69, 9.17) is 0 Å². The molecule has 4 aromatic rings. The van der Waals surface area contributed by atoms with Crippen LogP contribution >= 0.6 is 0 Å². The van der Waals surface area contributed by atoms with Gasteiger partial charge in [-0.25, -0.2) is 0 Å². The zero-order valence-electron chi connectivity index (χ0n) is 12.9. The number of fused-ring (bicyclic) bond motifs is 3. The molecule has 4 rings (SSSR count). The van der Waals surface area contributed by atoms with E-state index in [1.807, 2.05) is 0 Å². The van der Waals surface area contributed by atoms with Gasteiger partial charge < -0.3 is 0 Å². The fourth-order valence-electron chi connectivity index (χ4n) is 2.78. The van der Waals surface area contributed by atoms with E-state index in [9.17, 15) is 20.2 Å². The van der Waals surface area contributed by atoms with E-state index < -0.39 is 9.85 Å². The van der Waals surface area contributed by atoms with Crippen molar-refractivity contribution in [2.45, 2.75) is 0 Å². The van der Waals surface area contributed by atoms with Crippen LogP contribution in [0.15, 0.2) is 48.9 Å². The SMILES string of the molecule is O=[N+]([O-])c1cccc(-c2nccnc3c2cc([N+](=O)[O-])c2nncc23)c1. The van der Waals surface area contributed by atoms with Crippen LogP contribution in [0.25, 0.3) is 33.1 Å². The lowest BCUT2D eigenvalue weighted by Gasteiger charge is -2.03. The molecule has 0 saturated carbocycles. The van der Waals surface area contributed by atoms with Crippen LogP contribution in [-0.4, -0.2) is 30.0 Å². The molecule has 2 aromatic carbocycles. The summed E-state index contributed by atoms with van der Waals surface area (Å²) in [6.07, 6.45) is 4.27. The first-order valence-corrected chi connectivity index (χ1v) is 7.34. The average molecular weight is 348 g/mol. The lowest BCUT2D eigenvalue weighted by molar-refractivity contribution is -0.384. The predicted octanol–water partition coefficient (Wildman–Crippen LogP) is 3.06. The predicted molar refractivity (Wildman–Crippen MR) is 91.4 cm³/mol. The molecule has 0 bridgehead atoms. The Hall–Kier alpha value is -4.08. The van der Waals surface area contributed by atoms with Crippen molar-refractivity contribution in [2.75, 3.05) is 0 Å². The van der Waals surface area contributed by atoms with Crippen molar-refractivity contribution < 1.29 is 9.85 Å². The molecule has 2 heterocycles. The largest absolute Gasteiger partial charge is 0.298 e. The molecule has 0 saturated heterocycles. The second kappa shape index (κ2) is 5.77. The Balaban J connectivity index is 2.14. The summed E-state index contributed by atoms with van der Waals surface area (Å²) in [6, 6.07) is 7.21. The second-order valence-corrected chi connectivity index (χ2v) is 5.37. The Bertz CT molecular complexity index is 1210. The number of nitro groups is 2. The Kier molecular flexibility index (Phi) is 3.43. The topological polar surface area (TPSA) is 138 Å². The van der Waals surface area contributed by atoms with Crippen molar-refractivity contribution in [2.24, 2.45) is 0 Å². The molecule has 0 aliphatic rings. The highest BCUT2D eigenvalue weighted by Crippen LogP contribution is 2.35. The van der Waals surface area contributed by atoms with Gasteiger partial charge in [-0.2, -0.15) is 5.10 Å². The normalized spacial score (nSPS) is 10.9. The molecule has 10 nitrogen and oxygen atoms in total. The van der Waals surface area contributed by atoms with E-state index >= 15 is 0 Å². The van der Waals surface area contributed by atoms with Crippen molar-refractivity contribution in [1.29, 1.82) is 0 Å². The van der Waals surface area contributed by atoms with Gasteiger partial charge in [0, 0.05) is 41.5 Å². The number of hydrogen-bond donors (Lipinski definition) is 0. The lowest BCUT2D eigenvalue weighted by Crippen LogP contribution is -1.92. The van der Waals surface area contributed by atoms with Gasteiger partial charge in [-0.15, -0.1) is 5.10 Å². The van der Waals surface area contributed by atoms with Gasteiger partial charge >= 0.3 is 0 Å². The number of benzene rings is 2. The van der Waals surface area contributed by atoms with Gasteiger partial charge in [0.25, 0.3) is 11.4 Å². The van der Waals surface area contributed by atoms with Gasteiger partial charge in [0.2, 0.25) is 0 Å². The van der Waals surface area contributed by atoms with E-state index in [0.29, 0.717) is 27.5 Å². The number of nitro benzene ring substituents is 2. The van der Waals surface area contributed by atoms with Crippen molar-refractivity contribution in [1.82, 2.24) is 20.2 Å². The minimum absolute atomic E-state index is 0.107. The van der Waals surface area contributed by atoms with Gasteiger partial charge in [-0.1, -0.05) is 12.1 Å². The summed E-state index contributed by atoms with van der Waals surface area (Å²) in [6.45, 7) is 0. The number of nitrogens with zero attached hydrogens (tertiary/aromatic N) is 6. The molecule has 0 amide bonds. The Morgan fingerprint density at radius 3 is 2.46 bits per heavy atom. The fraction of sp³-hybridized carbons (Fsp3) is 0. The molecule has 126 valence electrons. The average Bonchev–Trinajstić information content (AvgIpc) is 3.01. The van der Waals surface area contributed by atoms with Crippen LogP contribution in [0.5, 0.6) is 0 Å². The van der Waals surface area contributed by atoms with E-state index in [0.717, 1.165) is 0 Å². The van der Waals surface area contributed by atoms with Gasteiger partial charge in [0.1, 0.15) is 0 Å². The Morgan fingerprint density at radius 1 is 0.885 bits per heavy atom. The molecule has 0 N–H and O–H groups in total. The van der Waals surface area contributed by atoms with E-state index in [2.05, 4.69) is 20.2 Å². The van der Waals surface area contributed by atoms with Crippen molar-refractivity contribution in [3.8, 4) is 11.3 Å². The van der Waals surface area contributed by atoms with Crippen LogP contribution in [0.4, 0.5) is 11.4 Å². The number of rotatable bonds is 3. The van der Waals surface area contributed by atoms with Crippen LogP contribution in [0, 0.1) is 20.2 Å². The fourth-order valence-corrected chi connectivity index (χ4v) is 2.78. The quantitative estimate of drug-likeness (QED) is 0.406. The Morgan fingerprint density at radius 2 is 1.69 bits per heavy atom. The molecular formula is C16H8N6O4. The van der Waals surface area contributed by atoms with E-state index in [1.54, 1.807) is 6.07 Å². The highest BCUT2D eigenvalue weighted by Gasteiger charge is 2.21. The summed E-state index contributed by atoms with van der Waals surface area (Å²) in [5, 5.41) is 30.8. The third kappa shape index (κ3) is 2.36. The van der Waals surface area contributed by atoms with Gasteiger partial charge in [-0.05, 0) is 0 Å². The molecule has 0 spiro atoms. The summed E-state index contributed by atoms with van der Waals surface area (Å²) in [5.74, 6) is 0. The van der Waals surface area contributed by atoms with E-state index in [-0.39, 0.29) is 16.9 Å². The summed E-state index contributed by atoms with van der Waals surface area (Å²) >= 11 is 0. The summed E-state index contributed by atoms with van der Waals surface area (Å²) in [7, 11) is 0. The summed E-state index contributed by atoms with van der Waals surface area (Å²) in [4.78, 5) is 30.0. The molecule has 0 aliphatic carbocycles. The van der Waals surface area contributed by atoms with Crippen LogP contribution in [-0.2, 0) is 0 Å². The maximum absolute atomic E-state index is 11.4. The monoisotopic (exact) mass is 348 g/mol. The van der Waals surface area contributed by atoms with Crippen LogP contribution in [0.1, 0.15) is 0 Å². The third-order valence-electron chi connectivity index (χ3n) is 3.89. The molecule has 10 heteroatoms. The number of hydrogen-bond acceptors (Lipinski definition) is 8. The van der Waals surface area contributed by atoms with Crippen molar-refractivity contribution >= 4 is 33.2 Å². The maximum Gasteiger partial charge on any atom is 0.298 e. The molecular weight excluding hydrogens is 340 g/mol. The molecule has 2 aromatic heterocycles. The minimum Gasteiger partial charge on any atom is -0.258 e. The third-order valence-corrected chi connectivity index (χ3v) is 3.89. The van der Waals surface area contributed by atoms with Crippen molar-refractivity contribution in [3.05, 3.63) is 69.2 Å². The first-order chi connectivity index (χ1) is 12.6. The van der Waals surface area contributed by atoms with Gasteiger partial charge in [0.05, 0.1) is 32.6 Å². The maximum atomic E-state index is 11.4. The zero-order valence-corrected chi connectivity index (χ0v) is 12.9. The highest BCUT2D eigenvalue weighted by atomic mass is 16.6. The summed E-state index contributed by atoms with van der Waals surface area (Å²) in [5.41, 5.74) is 1.01. The molecule has 0 aliphatic heterocycles. The number of aromatic nitrogens is 4. The van der Waals surface area contributed by atoms with Crippen LogP contribution in [0.3, 0.4) is 0 Å². The van der Waals surface area contributed by atoms with Crippen molar-refractivity contribution in [3.63, 3.8) is 0 Å². The molecule has 0 unspecified atom stereocenters. The van der Waals surface area contributed by atoms with Crippen LogP contribution in [0.2, 0.25) is 0 Å². The number of non-ortho nitro benzene ring substituents is 2. The smallest absolute Gasteiger partial charge is 0.258 e. The molecule has 0 radical (unpaired) electrons. The first-order valence-electron chi connectivity index (χ1n) is 7.34. The Labute approximate surface area is 144 Å². The molecule has 0 atom stereocenters. The molecule has 0 fully saturated rings. The minimum atomic E-state index is -0.555.